The van der Waals surface area contributed by atoms with Crippen LogP contribution in [0.25, 0.3) is 0 Å². The van der Waals surface area contributed by atoms with E-state index in [4.69, 9.17) is 27.9 Å². The number of benzene rings is 1. The number of hydrogen-bond acceptors (Lipinski definition) is 3. The molecule has 19 heavy (non-hydrogen) atoms. The topological polar surface area (TPSA) is 34.0 Å². The second-order valence-corrected chi connectivity index (χ2v) is 5.14. The van der Waals surface area contributed by atoms with E-state index in [0.717, 1.165) is 29.0 Å². The highest BCUT2D eigenvalue weighted by Gasteiger charge is 2.33. The highest BCUT2D eigenvalue weighted by atomic mass is 35.5. The first-order valence-corrected chi connectivity index (χ1v) is 6.81. The zero-order valence-corrected chi connectivity index (χ0v) is 11.8. The van der Waals surface area contributed by atoms with E-state index in [-0.39, 0.29) is 5.92 Å². The molecule has 3 rings (SSSR count). The number of alkyl halides is 1. The van der Waals surface area contributed by atoms with Crippen molar-refractivity contribution < 1.29 is 4.74 Å². The van der Waals surface area contributed by atoms with Crippen LogP contribution in [-0.2, 0) is 0 Å². The van der Waals surface area contributed by atoms with Gasteiger partial charge in [0, 0.05) is 17.1 Å². The van der Waals surface area contributed by atoms with Crippen LogP contribution in [-0.4, -0.2) is 23.6 Å². The molecule has 1 aromatic carbocycles. The van der Waals surface area contributed by atoms with Crippen LogP contribution < -0.4 is 4.74 Å². The average Bonchev–Trinajstić information content (AvgIpc) is 2.82. The van der Waals surface area contributed by atoms with E-state index >= 15 is 0 Å². The molecule has 1 aromatic rings. The van der Waals surface area contributed by atoms with Crippen molar-refractivity contribution in [2.24, 2.45) is 9.98 Å². The Morgan fingerprint density at radius 2 is 2.05 bits per heavy atom. The van der Waals surface area contributed by atoms with Crippen molar-refractivity contribution >= 4 is 34.1 Å². The Morgan fingerprint density at radius 3 is 2.84 bits per heavy atom. The number of para-hydroxylation sites is 1. The van der Waals surface area contributed by atoms with Crippen molar-refractivity contribution in [3.63, 3.8) is 0 Å². The minimum Gasteiger partial charge on any atom is -0.496 e. The number of nitrogens with zero attached hydrogens (tertiary/aromatic N) is 2. The lowest BCUT2D eigenvalue weighted by Gasteiger charge is -2.20. The summed E-state index contributed by atoms with van der Waals surface area (Å²) in [5.41, 5.74) is 2.28. The summed E-state index contributed by atoms with van der Waals surface area (Å²) < 4.78 is 5.42. The molecular formula is C14H12Cl2N2O. The molecule has 5 heteroatoms. The summed E-state index contributed by atoms with van der Waals surface area (Å²) in [6.07, 6.45) is 2.90. The summed E-state index contributed by atoms with van der Waals surface area (Å²) >= 11 is 12.1. The fourth-order valence-electron chi connectivity index (χ4n) is 2.52. The van der Waals surface area contributed by atoms with E-state index in [1.54, 1.807) is 7.11 Å². The third-order valence-electron chi connectivity index (χ3n) is 3.37. The molecule has 0 radical (unpaired) electrons. The highest BCUT2D eigenvalue weighted by molar-refractivity contribution is 6.73. The molecule has 0 fully saturated rings. The molecule has 0 spiro atoms. The Balaban J connectivity index is 2.02. The van der Waals surface area contributed by atoms with Gasteiger partial charge in [0.05, 0.1) is 12.8 Å². The largest absolute Gasteiger partial charge is 0.496 e. The van der Waals surface area contributed by atoms with Gasteiger partial charge in [-0.3, -0.25) is 0 Å². The number of methoxy groups -OCH3 is 1. The number of hydrogen-bond donors (Lipinski definition) is 0. The number of aliphatic imine (C=N–C) groups is 2. The Labute approximate surface area is 121 Å². The molecule has 0 amide bonds. The first-order valence-electron chi connectivity index (χ1n) is 5.99. The van der Waals surface area contributed by atoms with Gasteiger partial charge in [-0.15, -0.1) is 0 Å². The first-order chi connectivity index (χ1) is 9.20. The molecule has 1 heterocycles. The van der Waals surface area contributed by atoms with Crippen LogP contribution in [0.5, 0.6) is 5.75 Å². The van der Waals surface area contributed by atoms with Crippen LogP contribution >= 0.6 is 23.2 Å². The lowest BCUT2D eigenvalue weighted by Crippen LogP contribution is -2.19. The standard InChI is InChI=1S/C14H12Cl2N2O/c1-19-11-5-3-2-4-8(11)9-6-7-10-12(9)17-14(16)18-13(10)15/h2-5,7,9,14H,6H2,1H3. The molecular weight excluding hydrogens is 283 g/mol. The zero-order valence-electron chi connectivity index (χ0n) is 10.3. The second-order valence-electron chi connectivity index (χ2n) is 4.39. The molecule has 2 aliphatic rings. The number of rotatable bonds is 2. The summed E-state index contributed by atoms with van der Waals surface area (Å²) in [6, 6.07) is 7.94. The molecule has 0 bridgehead atoms. The molecule has 2 atom stereocenters. The van der Waals surface area contributed by atoms with Gasteiger partial charge in [0.1, 0.15) is 10.9 Å². The van der Waals surface area contributed by atoms with E-state index < -0.39 is 5.62 Å². The van der Waals surface area contributed by atoms with Crippen LogP contribution in [0.2, 0.25) is 0 Å². The van der Waals surface area contributed by atoms with Gasteiger partial charge in [-0.25, -0.2) is 9.98 Å². The SMILES string of the molecule is COc1ccccc1C1CC=C2C(Cl)=NC(Cl)N=C21. The van der Waals surface area contributed by atoms with Crippen LogP contribution in [0.4, 0.5) is 0 Å². The maximum absolute atomic E-state index is 6.12. The molecule has 1 aliphatic heterocycles. The van der Waals surface area contributed by atoms with Crippen molar-refractivity contribution in [1.82, 2.24) is 0 Å². The van der Waals surface area contributed by atoms with E-state index in [1.165, 1.54) is 0 Å². The first kappa shape index (κ1) is 12.7. The molecule has 0 saturated heterocycles. The number of fused-ring (bicyclic) bond motifs is 1. The number of halogens is 2. The monoisotopic (exact) mass is 294 g/mol. The number of allylic oxidation sites excluding steroid dienone is 2. The van der Waals surface area contributed by atoms with Crippen LogP contribution in [0, 0.1) is 0 Å². The Hall–Kier alpha value is -1.32. The Bertz CT molecular complexity index is 607. The normalized spacial score (nSPS) is 25.3. The van der Waals surface area contributed by atoms with Gasteiger partial charge in [0.15, 0.2) is 0 Å². The summed E-state index contributed by atoms with van der Waals surface area (Å²) in [5, 5.41) is 0.447. The van der Waals surface area contributed by atoms with Crippen molar-refractivity contribution in [1.29, 1.82) is 0 Å². The Kier molecular flexibility index (Phi) is 3.33. The van der Waals surface area contributed by atoms with Gasteiger partial charge in [0.2, 0.25) is 5.62 Å². The van der Waals surface area contributed by atoms with E-state index in [0.29, 0.717) is 5.17 Å². The fraction of sp³-hybridized carbons (Fsp3) is 0.286. The van der Waals surface area contributed by atoms with Crippen LogP contribution in [0.3, 0.4) is 0 Å². The van der Waals surface area contributed by atoms with Gasteiger partial charge in [-0.05, 0) is 12.5 Å². The van der Waals surface area contributed by atoms with Gasteiger partial charge in [-0.2, -0.15) is 0 Å². The summed E-state index contributed by atoms with van der Waals surface area (Å²) in [4.78, 5) is 8.47. The van der Waals surface area contributed by atoms with Crippen molar-refractivity contribution in [3.05, 3.63) is 41.5 Å². The lowest BCUT2D eigenvalue weighted by molar-refractivity contribution is 0.409. The van der Waals surface area contributed by atoms with Crippen LogP contribution in [0.15, 0.2) is 45.9 Å². The van der Waals surface area contributed by atoms with Gasteiger partial charge < -0.3 is 4.74 Å². The molecule has 2 unspecified atom stereocenters. The predicted octanol–water partition coefficient (Wildman–Crippen LogP) is 3.72. The van der Waals surface area contributed by atoms with E-state index in [1.807, 2.05) is 24.3 Å². The molecule has 1 aliphatic carbocycles. The Morgan fingerprint density at radius 1 is 1.26 bits per heavy atom. The van der Waals surface area contributed by atoms with Gasteiger partial charge in [0.25, 0.3) is 0 Å². The maximum atomic E-state index is 6.12. The molecule has 0 N–H and O–H groups in total. The second kappa shape index (κ2) is 4.99. The summed E-state index contributed by atoms with van der Waals surface area (Å²) in [6.45, 7) is 0. The minimum absolute atomic E-state index is 0.136. The molecule has 98 valence electrons. The van der Waals surface area contributed by atoms with Gasteiger partial charge >= 0.3 is 0 Å². The van der Waals surface area contributed by atoms with Crippen LogP contribution in [0.1, 0.15) is 17.9 Å². The third kappa shape index (κ3) is 2.17. The summed E-state index contributed by atoms with van der Waals surface area (Å²) in [7, 11) is 1.67. The maximum Gasteiger partial charge on any atom is 0.216 e. The lowest BCUT2D eigenvalue weighted by atomic mass is 9.92. The fourth-order valence-corrected chi connectivity index (χ4v) is 3.04. The minimum atomic E-state index is -0.630. The average molecular weight is 295 g/mol. The van der Waals surface area contributed by atoms with Gasteiger partial charge in [-0.1, -0.05) is 47.5 Å². The molecule has 3 nitrogen and oxygen atoms in total. The zero-order chi connectivity index (χ0) is 13.4. The molecule has 0 aromatic heterocycles. The quantitative estimate of drug-likeness (QED) is 0.604. The van der Waals surface area contributed by atoms with E-state index in [2.05, 4.69) is 16.1 Å². The predicted molar refractivity (Wildman–Crippen MR) is 78.8 cm³/mol. The highest BCUT2D eigenvalue weighted by Crippen LogP contribution is 2.39. The third-order valence-corrected chi connectivity index (χ3v) is 3.86. The van der Waals surface area contributed by atoms with Crippen molar-refractivity contribution in [2.45, 2.75) is 18.0 Å². The number of ether oxygens (including phenoxy) is 1. The van der Waals surface area contributed by atoms with E-state index in [9.17, 15) is 0 Å². The summed E-state index contributed by atoms with van der Waals surface area (Å²) in [5.74, 6) is 0.992. The van der Waals surface area contributed by atoms with Crippen molar-refractivity contribution in [3.8, 4) is 5.75 Å². The molecule has 0 saturated carbocycles. The smallest absolute Gasteiger partial charge is 0.216 e. The van der Waals surface area contributed by atoms with Crippen molar-refractivity contribution in [2.75, 3.05) is 7.11 Å².